The molecule has 0 heterocycles. The normalized spacial score (nSPS) is 14.3. The van der Waals surface area contributed by atoms with Crippen molar-refractivity contribution < 1.29 is 37.9 Å². The predicted octanol–water partition coefficient (Wildman–Crippen LogP) is 9.54. The Kier molecular flexibility index (Phi) is 33.4. The Morgan fingerprint density at radius 3 is 1.78 bits per heavy atom. The fourth-order valence-corrected chi connectivity index (χ4v) is 5.10. The molecular formula is C39H66NO8P. The number of phosphoric acid groups is 1. The zero-order chi connectivity index (χ0) is 36.1. The first-order valence-corrected chi connectivity index (χ1v) is 19.9. The van der Waals surface area contributed by atoms with Gasteiger partial charge in [-0.15, -0.1) is 0 Å². The number of aliphatic hydroxyl groups is 1. The highest BCUT2D eigenvalue weighted by Gasteiger charge is 2.23. The second-order valence-corrected chi connectivity index (χ2v) is 13.3. The van der Waals surface area contributed by atoms with E-state index in [-0.39, 0.29) is 32.1 Å². The fraction of sp³-hybridized carbons (Fsp3) is 0.641. The maximum Gasteiger partial charge on any atom is 0.472 e. The molecule has 2 unspecified atom stereocenters. The van der Waals surface area contributed by atoms with E-state index in [9.17, 15) is 24.2 Å². The van der Waals surface area contributed by atoms with Crippen molar-refractivity contribution in [1.29, 1.82) is 0 Å². The molecule has 0 rings (SSSR count). The van der Waals surface area contributed by atoms with Crippen LogP contribution in [0.25, 0.3) is 0 Å². The van der Waals surface area contributed by atoms with Crippen molar-refractivity contribution in [2.24, 2.45) is 0 Å². The van der Waals surface area contributed by atoms with Gasteiger partial charge in [0.25, 0.3) is 0 Å². The van der Waals surface area contributed by atoms with Crippen LogP contribution in [0.15, 0.2) is 72.9 Å². The van der Waals surface area contributed by atoms with E-state index in [2.05, 4.69) is 92.1 Å². The summed E-state index contributed by atoms with van der Waals surface area (Å²) in [7, 11) is -4.43. The summed E-state index contributed by atoms with van der Waals surface area (Å²) in [4.78, 5) is 33.7. The van der Waals surface area contributed by atoms with Crippen molar-refractivity contribution in [3.63, 3.8) is 0 Å². The number of rotatable bonds is 33. The van der Waals surface area contributed by atoms with Crippen LogP contribution in [0.4, 0.5) is 0 Å². The summed E-state index contributed by atoms with van der Waals surface area (Å²) >= 11 is 0. The Balaban J connectivity index is 3.73. The molecule has 0 saturated carbocycles. The number of amides is 1. The second-order valence-electron chi connectivity index (χ2n) is 11.8. The van der Waals surface area contributed by atoms with Crippen LogP contribution in [0.3, 0.4) is 0 Å². The summed E-state index contributed by atoms with van der Waals surface area (Å²) in [6, 6.07) is 0. The molecule has 1 amide bonds. The summed E-state index contributed by atoms with van der Waals surface area (Å²) in [6.07, 6.45) is 41.2. The number of hydrogen-bond acceptors (Lipinski definition) is 7. The lowest BCUT2D eigenvalue weighted by Gasteiger charge is -2.15. The number of phosphoric ester groups is 1. The molecule has 9 nitrogen and oxygen atoms in total. The Morgan fingerprint density at radius 2 is 1.16 bits per heavy atom. The average molecular weight is 708 g/mol. The fourth-order valence-electron chi connectivity index (χ4n) is 4.35. The molecule has 49 heavy (non-hydrogen) atoms. The van der Waals surface area contributed by atoms with E-state index in [1.54, 1.807) is 0 Å². The minimum absolute atomic E-state index is 0.0534. The van der Waals surface area contributed by atoms with Crippen molar-refractivity contribution in [3.8, 4) is 0 Å². The Labute approximate surface area is 297 Å². The topological polar surface area (TPSA) is 131 Å². The molecule has 0 aromatic rings. The van der Waals surface area contributed by atoms with E-state index in [4.69, 9.17) is 13.8 Å². The third-order valence-corrected chi connectivity index (χ3v) is 8.09. The van der Waals surface area contributed by atoms with Crippen LogP contribution < -0.4 is 5.32 Å². The Hall–Kier alpha value is -2.55. The van der Waals surface area contributed by atoms with Gasteiger partial charge in [-0.3, -0.25) is 18.6 Å². The third kappa shape index (κ3) is 36.6. The van der Waals surface area contributed by atoms with Crippen LogP contribution in [0, 0.1) is 0 Å². The molecule has 0 fully saturated rings. The molecule has 0 radical (unpaired) electrons. The molecule has 0 saturated heterocycles. The largest absolute Gasteiger partial charge is 0.472 e. The minimum atomic E-state index is -4.43. The van der Waals surface area contributed by atoms with Crippen LogP contribution in [-0.2, 0) is 27.9 Å². The van der Waals surface area contributed by atoms with Crippen LogP contribution in [-0.4, -0.2) is 54.3 Å². The molecule has 0 aliphatic rings. The summed E-state index contributed by atoms with van der Waals surface area (Å²) in [6.45, 7) is 3.26. The number of aliphatic hydroxyl groups excluding tert-OH is 1. The van der Waals surface area contributed by atoms with E-state index in [1.165, 1.54) is 6.42 Å². The van der Waals surface area contributed by atoms with E-state index < -0.39 is 26.5 Å². The first-order valence-electron chi connectivity index (χ1n) is 18.4. The third-order valence-electron chi connectivity index (χ3n) is 7.10. The summed E-state index contributed by atoms with van der Waals surface area (Å²) < 4.78 is 26.7. The highest BCUT2D eigenvalue weighted by molar-refractivity contribution is 7.47. The van der Waals surface area contributed by atoms with E-state index >= 15 is 0 Å². The number of allylic oxidation sites excluding steroid dienone is 12. The Morgan fingerprint density at radius 1 is 0.653 bits per heavy atom. The maximum atomic E-state index is 12.0. The number of unbranched alkanes of at least 4 members (excludes halogenated alkanes) is 8. The zero-order valence-electron chi connectivity index (χ0n) is 30.4. The van der Waals surface area contributed by atoms with Gasteiger partial charge in [-0.25, -0.2) is 4.57 Å². The molecule has 0 spiro atoms. The van der Waals surface area contributed by atoms with Gasteiger partial charge in [-0.1, -0.05) is 112 Å². The maximum absolute atomic E-state index is 12.0. The van der Waals surface area contributed by atoms with Gasteiger partial charge in [0.2, 0.25) is 5.91 Å². The van der Waals surface area contributed by atoms with Crippen molar-refractivity contribution in [1.82, 2.24) is 5.32 Å². The van der Waals surface area contributed by atoms with E-state index in [0.29, 0.717) is 12.8 Å². The van der Waals surface area contributed by atoms with Crippen molar-refractivity contribution in [3.05, 3.63) is 72.9 Å². The summed E-state index contributed by atoms with van der Waals surface area (Å²) in [5.41, 5.74) is 0. The van der Waals surface area contributed by atoms with Gasteiger partial charge < -0.3 is 20.1 Å². The van der Waals surface area contributed by atoms with Crippen molar-refractivity contribution >= 4 is 19.7 Å². The van der Waals surface area contributed by atoms with Gasteiger partial charge in [0.1, 0.15) is 12.7 Å². The molecule has 3 N–H and O–H groups in total. The molecule has 0 aliphatic carbocycles. The van der Waals surface area contributed by atoms with Crippen molar-refractivity contribution in [2.75, 3.05) is 26.4 Å². The lowest BCUT2D eigenvalue weighted by molar-refractivity contribution is -0.147. The molecular weight excluding hydrogens is 641 g/mol. The molecule has 0 aromatic carbocycles. The minimum Gasteiger partial charge on any atom is -0.463 e. The van der Waals surface area contributed by atoms with Gasteiger partial charge in [-0.2, -0.15) is 0 Å². The zero-order valence-corrected chi connectivity index (χ0v) is 31.2. The number of carbonyl (C=O) groups excluding carboxylic acids is 2. The molecule has 0 aliphatic heterocycles. The van der Waals surface area contributed by atoms with Gasteiger partial charge in [0.05, 0.1) is 13.2 Å². The number of carbonyl (C=O) groups is 2. The number of nitrogens with one attached hydrogen (secondary N) is 1. The lowest BCUT2D eigenvalue weighted by Crippen LogP contribution is -2.27. The highest BCUT2D eigenvalue weighted by atomic mass is 31.2. The summed E-state index contributed by atoms with van der Waals surface area (Å²) in [5.74, 6) is -0.582. The monoisotopic (exact) mass is 707 g/mol. The lowest BCUT2D eigenvalue weighted by atomic mass is 10.1. The van der Waals surface area contributed by atoms with Crippen LogP contribution in [0.5, 0.6) is 0 Å². The second kappa shape index (κ2) is 35.3. The van der Waals surface area contributed by atoms with Gasteiger partial charge in [0, 0.05) is 19.4 Å². The van der Waals surface area contributed by atoms with Crippen LogP contribution in [0.2, 0.25) is 0 Å². The molecule has 2 atom stereocenters. The van der Waals surface area contributed by atoms with E-state index in [1.807, 2.05) is 0 Å². The van der Waals surface area contributed by atoms with Crippen LogP contribution >= 0.6 is 7.82 Å². The number of hydrogen-bond donors (Lipinski definition) is 3. The average Bonchev–Trinajstić information content (AvgIpc) is 3.08. The summed E-state index contributed by atoms with van der Waals surface area (Å²) in [5, 5.41) is 12.6. The first-order chi connectivity index (χ1) is 23.8. The molecule has 0 aromatic heterocycles. The van der Waals surface area contributed by atoms with E-state index in [0.717, 1.165) is 89.9 Å². The molecule has 10 heteroatoms. The highest BCUT2D eigenvalue weighted by Crippen LogP contribution is 2.42. The smallest absolute Gasteiger partial charge is 0.463 e. The standard InChI is InChI=1S/C39H66NO8P/c1-3-5-7-9-11-13-15-17-18-20-21-23-25-27-29-31-38(42)40-33-34-47-49(44,45)48-36-37(41)35-46-39(43)32-30-28-26-24-22-19-16-14-12-10-8-6-4-2/h5,7-8,10-11,13-14,16-18,21,23,37,41H,3-4,6,9,12,15,19-20,22,24-36H2,1-2H3,(H,40,42)(H,44,45)/b7-5-,10-8-,13-11-,16-14-,18-17-,23-21-. The first kappa shape index (κ1) is 46.5. The quantitative estimate of drug-likeness (QED) is 0.0266. The Bertz CT molecular complexity index is 1030. The molecule has 0 bridgehead atoms. The molecule has 280 valence electrons. The predicted molar refractivity (Wildman–Crippen MR) is 201 cm³/mol. The van der Waals surface area contributed by atoms with Gasteiger partial charge in [-0.05, 0) is 77.0 Å². The van der Waals surface area contributed by atoms with Gasteiger partial charge >= 0.3 is 13.8 Å². The number of esters is 1. The van der Waals surface area contributed by atoms with Crippen molar-refractivity contribution in [2.45, 2.75) is 136 Å². The number of ether oxygens (including phenoxy) is 1. The van der Waals surface area contributed by atoms with Crippen LogP contribution in [0.1, 0.15) is 129 Å². The van der Waals surface area contributed by atoms with Gasteiger partial charge in [0.15, 0.2) is 0 Å². The SMILES string of the molecule is CC/C=C\C/C=C\C/C=C\C/C=C\CCCCC(=O)NCCOP(=O)(O)OCC(O)COC(=O)CCCCCCC/C=C\C/C=C\CCC.